The van der Waals surface area contributed by atoms with Gasteiger partial charge in [-0.2, -0.15) is 0 Å². The number of thiophene rings is 1. The minimum absolute atomic E-state index is 0.375. The van der Waals surface area contributed by atoms with Gasteiger partial charge in [0, 0.05) is 37.4 Å². The molecule has 164 valence electrons. The van der Waals surface area contributed by atoms with Crippen LogP contribution in [0.2, 0.25) is 0 Å². The van der Waals surface area contributed by atoms with Gasteiger partial charge >= 0.3 is 6.09 Å². The molecule has 4 rings (SSSR count). The van der Waals surface area contributed by atoms with Crippen molar-refractivity contribution >= 4 is 34.2 Å². The van der Waals surface area contributed by atoms with Crippen molar-refractivity contribution in [3.8, 4) is 16.9 Å². The molecule has 0 unspecified atom stereocenters. The maximum atomic E-state index is 12.4. The third-order valence-corrected chi connectivity index (χ3v) is 6.03. The smallest absolute Gasteiger partial charge is 0.409 e. The maximum Gasteiger partial charge on any atom is 0.415 e. The van der Waals surface area contributed by atoms with Crippen molar-refractivity contribution in [2.45, 2.75) is 20.4 Å². The maximum absolute atomic E-state index is 12.4. The summed E-state index contributed by atoms with van der Waals surface area (Å²) in [7, 11) is 1.74. The van der Waals surface area contributed by atoms with Crippen LogP contribution in [0, 0.1) is 0 Å². The fourth-order valence-electron chi connectivity index (χ4n) is 3.67. The minimum atomic E-state index is -0.375. The van der Waals surface area contributed by atoms with Crippen LogP contribution in [0.15, 0.2) is 65.6 Å². The molecule has 2 aromatic heterocycles. The van der Waals surface area contributed by atoms with Crippen LogP contribution in [0.1, 0.15) is 19.4 Å². The number of rotatable bonds is 7. The Hall–Kier alpha value is -3.45. The Morgan fingerprint density at radius 3 is 2.59 bits per heavy atom. The van der Waals surface area contributed by atoms with E-state index < -0.39 is 0 Å². The van der Waals surface area contributed by atoms with Crippen molar-refractivity contribution in [3.63, 3.8) is 0 Å². The molecule has 2 heterocycles. The number of ether oxygens (including phenoxy) is 1. The zero-order valence-electron chi connectivity index (χ0n) is 18.5. The predicted molar refractivity (Wildman–Crippen MR) is 130 cm³/mol. The molecule has 0 atom stereocenters. The van der Waals surface area contributed by atoms with Gasteiger partial charge in [-0.15, -0.1) is 11.3 Å². The number of carbonyl (C=O) groups excluding carboxylic acids is 1. The van der Waals surface area contributed by atoms with Gasteiger partial charge in [0.2, 0.25) is 0 Å². The predicted octanol–water partition coefficient (Wildman–Crippen LogP) is 5.84. The molecule has 0 N–H and O–H groups in total. The Kier molecular flexibility index (Phi) is 6.66. The van der Waals surface area contributed by atoms with Crippen LogP contribution < -0.4 is 9.64 Å². The third-order valence-electron chi connectivity index (χ3n) is 5.37. The molecule has 1 amide bonds. The van der Waals surface area contributed by atoms with Crippen molar-refractivity contribution in [3.05, 3.63) is 71.2 Å². The fourth-order valence-corrected chi connectivity index (χ4v) is 4.23. The van der Waals surface area contributed by atoms with Crippen LogP contribution in [-0.2, 0) is 6.54 Å². The van der Waals surface area contributed by atoms with Gasteiger partial charge in [0.1, 0.15) is 17.9 Å². The van der Waals surface area contributed by atoms with E-state index in [1.165, 1.54) is 11.3 Å². The molecule has 32 heavy (non-hydrogen) atoms. The highest BCUT2D eigenvalue weighted by atomic mass is 32.1. The second-order valence-corrected chi connectivity index (χ2v) is 8.26. The van der Waals surface area contributed by atoms with E-state index in [0.717, 1.165) is 46.5 Å². The van der Waals surface area contributed by atoms with Gasteiger partial charge in [-0.1, -0.05) is 24.3 Å². The van der Waals surface area contributed by atoms with Crippen LogP contribution in [-0.4, -0.2) is 41.1 Å². The summed E-state index contributed by atoms with van der Waals surface area (Å²) in [5.41, 5.74) is 4.13. The number of carbonyl (C=O) groups is 1. The molecule has 0 spiro atoms. The average Bonchev–Trinajstić information content (AvgIpc) is 3.33. The lowest BCUT2D eigenvalue weighted by atomic mass is 10.0. The van der Waals surface area contributed by atoms with E-state index >= 15 is 0 Å². The fraction of sp³-hybridized carbons (Fsp3) is 0.240. The van der Waals surface area contributed by atoms with Crippen LogP contribution in [0.4, 0.5) is 10.6 Å². The second-order valence-electron chi connectivity index (χ2n) is 7.48. The summed E-state index contributed by atoms with van der Waals surface area (Å²) in [6.07, 6.45) is 1.25. The highest BCUT2D eigenvalue weighted by Crippen LogP contribution is 2.29. The largest absolute Gasteiger partial charge is 0.415 e. The highest BCUT2D eigenvalue weighted by molar-refractivity contribution is 7.08. The van der Waals surface area contributed by atoms with E-state index in [-0.39, 0.29) is 6.09 Å². The quantitative estimate of drug-likeness (QED) is 0.357. The molecule has 0 radical (unpaired) electrons. The third kappa shape index (κ3) is 4.73. The summed E-state index contributed by atoms with van der Waals surface area (Å²) >= 11 is 1.50. The topological polar surface area (TPSA) is 58.6 Å². The molecule has 0 bridgehead atoms. The Balaban J connectivity index is 1.58. The van der Waals surface area contributed by atoms with Gasteiger partial charge in [0.15, 0.2) is 0 Å². The average molecular weight is 447 g/mol. The van der Waals surface area contributed by atoms with Gasteiger partial charge in [-0.3, -0.25) is 0 Å². The number of aromatic nitrogens is 2. The van der Waals surface area contributed by atoms with Gasteiger partial charge in [-0.05, 0) is 60.2 Å². The van der Waals surface area contributed by atoms with Gasteiger partial charge < -0.3 is 14.5 Å². The Morgan fingerprint density at radius 2 is 1.84 bits per heavy atom. The number of fused-ring (bicyclic) bond motifs is 1. The van der Waals surface area contributed by atoms with Gasteiger partial charge in [0.25, 0.3) is 0 Å². The number of hydrogen-bond acceptors (Lipinski definition) is 6. The normalized spacial score (nSPS) is 10.8. The van der Waals surface area contributed by atoms with E-state index in [4.69, 9.17) is 4.74 Å². The van der Waals surface area contributed by atoms with Gasteiger partial charge in [-0.25, -0.2) is 14.8 Å². The molecule has 0 aliphatic carbocycles. The molecule has 0 aliphatic heterocycles. The van der Waals surface area contributed by atoms with E-state index in [0.29, 0.717) is 12.3 Å². The first-order valence-electron chi connectivity index (χ1n) is 10.6. The van der Waals surface area contributed by atoms with Crippen molar-refractivity contribution in [1.29, 1.82) is 0 Å². The Labute approximate surface area is 192 Å². The lowest BCUT2D eigenvalue weighted by Crippen LogP contribution is -2.29. The number of nitrogens with zero attached hydrogens (tertiary/aromatic N) is 4. The molecule has 0 aliphatic rings. The molecular weight excluding hydrogens is 420 g/mol. The summed E-state index contributed by atoms with van der Waals surface area (Å²) in [5, 5.41) is 4.73. The first-order valence-corrected chi connectivity index (χ1v) is 11.6. The minimum Gasteiger partial charge on any atom is -0.409 e. The lowest BCUT2D eigenvalue weighted by molar-refractivity contribution is 0.161. The highest BCUT2D eigenvalue weighted by Gasteiger charge is 2.14. The first-order chi connectivity index (χ1) is 15.6. The standard InChI is InChI=1S/C25H26N4O2S/c1-4-29(5-2)24-22-14-20(9-10-23(22)26-17-27-24)19-8-6-7-18(13-19)15-28(3)25(30)31-21-11-12-32-16-21/h6-14,16-17H,4-5,15H2,1-3H3. The summed E-state index contributed by atoms with van der Waals surface area (Å²) in [4.78, 5) is 25.2. The zero-order valence-corrected chi connectivity index (χ0v) is 19.3. The molecule has 0 saturated carbocycles. The molecule has 0 fully saturated rings. The molecule has 2 aromatic carbocycles. The number of amides is 1. The van der Waals surface area contributed by atoms with Gasteiger partial charge in [0.05, 0.1) is 5.52 Å². The first kappa shape index (κ1) is 21.8. The van der Waals surface area contributed by atoms with E-state index in [1.807, 2.05) is 29.0 Å². The molecular formula is C25H26N4O2S. The summed E-state index contributed by atoms with van der Waals surface area (Å²) in [6, 6.07) is 16.3. The van der Waals surface area contributed by atoms with E-state index in [2.05, 4.69) is 53.0 Å². The van der Waals surface area contributed by atoms with Crippen molar-refractivity contribution in [2.75, 3.05) is 25.0 Å². The number of hydrogen-bond donors (Lipinski definition) is 0. The van der Waals surface area contributed by atoms with Crippen molar-refractivity contribution in [1.82, 2.24) is 14.9 Å². The summed E-state index contributed by atoms with van der Waals surface area (Å²) in [5.74, 6) is 1.52. The molecule has 0 saturated heterocycles. The van der Waals surface area contributed by atoms with Crippen LogP contribution in [0.3, 0.4) is 0 Å². The van der Waals surface area contributed by atoms with E-state index in [1.54, 1.807) is 24.3 Å². The Morgan fingerprint density at radius 1 is 1.03 bits per heavy atom. The zero-order chi connectivity index (χ0) is 22.5. The van der Waals surface area contributed by atoms with Crippen molar-refractivity contribution < 1.29 is 9.53 Å². The van der Waals surface area contributed by atoms with E-state index in [9.17, 15) is 4.79 Å². The van der Waals surface area contributed by atoms with Crippen LogP contribution in [0.25, 0.3) is 22.0 Å². The summed E-state index contributed by atoms with van der Waals surface area (Å²) in [6.45, 7) is 6.49. The monoisotopic (exact) mass is 446 g/mol. The SMILES string of the molecule is CCN(CC)c1ncnc2ccc(-c3cccc(CN(C)C(=O)Oc4ccsc4)c3)cc12. The van der Waals surface area contributed by atoms with Crippen LogP contribution >= 0.6 is 11.3 Å². The number of benzene rings is 2. The Bertz CT molecular complexity index is 1210. The van der Waals surface area contributed by atoms with Crippen molar-refractivity contribution in [2.24, 2.45) is 0 Å². The molecule has 6 nitrogen and oxygen atoms in total. The van der Waals surface area contributed by atoms with Crippen LogP contribution in [0.5, 0.6) is 5.75 Å². The lowest BCUT2D eigenvalue weighted by Gasteiger charge is -2.21. The second kappa shape index (κ2) is 9.78. The molecule has 7 heteroatoms. The summed E-state index contributed by atoms with van der Waals surface area (Å²) < 4.78 is 5.39. The molecule has 4 aromatic rings. The number of anilines is 1.